The second-order valence-electron chi connectivity index (χ2n) is 6.79. The number of pyridine rings is 1. The van der Waals surface area contributed by atoms with Crippen molar-refractivity contribution in [2.24, 2.45) is 4.99 Å². The number of hydrogen-bond acceptors (Lipinski definition) is 5. The monoisotopic (exact) mass is 377 g/mol. The summed E-state index contributed by atoms with van der Waals surface area (Å²) >= 11 is 1.98. The fraction of sp³-hybridized carbons (Fsp3) is 0.684. The quantitative estimate of drug-likeness (QED) is 0.586. The lowest BCUT2D eigenvalue weighted by atomic mass is 10.2. The van der Waals surface area contributed by atoms with Crippen LogP contribution in [0.4, 0.5) is 5.82 Å². The van der Waals surface area contributed by atoms with Gasteiger partial charge in [-0.1, -0.05) is 6.07 Å². The highest BCUT2D eigenvalue weighted by molar-refractivity contribution is 7.99. The van der Waals surface area contributed by atoms with E-state index in [4.69, 9.17) is 9.73 Å². The van der Waals surface area contributed by atoms with Gasteiger partial charge in [0.25, 0.3) is 0 Å². The van der Waals surface area contributed by atoms with E-state index in [2.05, 4.69) is 39.8 Å². The first-order chi connectivity index (χ1) is 12.8. The number of rotatable bonds is 6. The Morgan fingerprint density at radius 3 is 2.96 bits per heavy atom. The molecule has 2 N–H and O–H groups in total. The number of morpholine rings is 1. The van der Waals surface area contributed by atoms with E-state index in [-0.39, 0.29) is 0 Å². The normalized spacial score (nSPS) is 23.9. The van der Waals surface area contributed by atoms with Crippen LogP contribution >= 0.6 is 11.8 Å². The van der Waals surface area contributed by atoms with E-state index in [1.54, 1.807) is 0 Å². The van der Waals surface area contributed by atoms with Gasteiger partial charge >= 0.3 is 0 Å². The standard InChI is InChI=1S/C19H31N5OS/c1-3-20-19(23-16-6-7-17(13-16)26-2)22-14-15-5-4-8-21-18(15)24-9-11-25-12-10-24/h4-5,8,16-17H,3,6-7,9-14H2,1-2H3,(H2,20,22,23). The number of aliphatic imine (C=N–C) groups is 1. The molecule has 0 aromatic carbocycles. The van der Waals surface area contributed by atoms with Crippen LogP contribution in [0.15, 0.2) is 23.3 Å². The fourth-order valence-corrected chi connectivity index (χ4v) is 4.37. The van der Waals surface area contributed by atoms with Crippen molar-refractivity contribution in [2.75, 3.05) is 44.0 Å². The third kappa shape index (κ3) is 5.27. The molecule has 2 fully saturated rings. The van der Waals surface area contributed by atoms with Crippen LogP contribution in [0.3, 0.4) is 0 Å². The van der Waals surface area contributed by atoms with Crippen LogP contribution in [0.5, 0.6) is 0 Å². The van der Waals surface area contributed by atoms with Crippen molar-refractivity contribution in [2.45, 2.75) is 44.0 Å². The number of thioether (sulfide) groups is 1. The van der Waals surface area contributed by atoms with Crippen LogP contribution in [-0.2, 0) is 11.3 Å². The van der Waals surface area contributed by atoms with Crippen LogP contribution in [0.2, 0.25) is 0 Å². The highest BCUT2D eigenvalue weighted by Crippen LogP contribution is 2.28. The Bertz CT molecular complexity index is 591. The van der Waals surface area contributed by atoms with E-state index in [1.807, 2.05) is 24.0 Å². The maximum Gasteiger partial charge on any atom is 0.191 e. The van der Waals surface area contributed by atoms with Gasteiger partial charge in [0.15, 0.2) is 5.96 Å². The second kappa shape index (κ2) is 10.0. The van der Waals surface area contributed by atoms with E-state index in [0.717, 1.165) is 49.9 Å². The summed E-state index contributed by atoms with van der Waals surface area (Å²) < 4.78 is 5.46. The Labute approximate surface area is 161 Å². The van der Waals surface area contributed by atoms with E-state index < -0.39 is 0 Å². The van der Waals surface area contributed by atoms with Crippen LogP contribution in [-0.4, -0.2) is 61.3 Å². The summed E-state index contributed by atoms with van der Waals surface area (Å²) in [5.74, 6) is 1.95. The van der Waals surface area contributed by atoms with E-state index in [0.29, 0.717) is 12.6 Å². The molecule has 1 aromatic rings. The Kier molecular flexibility index (Phi) is 7.43. The molecule has 1 saturated heterocycles. The van der Waals surface area contributed by atoms with Crippen molar-refractivity contribution in [1.29, 1.82) is 0 Å². The molecule has 26 heavy (non-hydrogen) atoms. The topological polar surface area (TPSA) is 61.8 Å². The molecule has 2 unspecified atom stereocenters. The summed E-state index contributed by atoms with van der Waals surface area (Å²) in [5.41, 5.74) is 1.17. The Hall–Kier alpha value is -1.47. The zero-order valence-corrected chi connectivity index (χ0v) is 16.7. The van der Waals surface area contributed by atoms with Gasteiger partial charge in [0.2, 0.25) is 0 Å². The molecule has 1 aliphatic heterocycles. The Morgan fingerprint density at radius 2 is 2.23 bits per heavy atom. The number of nitrogens with zero attached hydrogens (tertiary/aromatic N) is 3. The number of guanidine groups is 1. The van der Waals surface area contributed by atoms with Gasteiger partial charge < -0.3 is 20.3 Å². The van der Waals surface area contributed by atoms with E-state index in [9.17, 15) is 0 Å². The van der Waals surface area contributed by atoms with Gasteiger partial charge in [-0.2, -0.15) is 11.8 Å². The first kappa shape index (κ1) is 19.3. The molecule has 0 spiro atoms. The number of ether oxygens (including phenoxy) is 1. The predicted octanol–water partition coefficient (Wildman–Crippen LogP) is 2.26. The summed E-state index contributed by atoms with van der Waals surface area (Å²) in [6.45, 7) is 6.93. The zero-order valence-electron chi connectivity index (χ0n) is 15.9. The molecule has 1 aliphatic carbocycles. The molecule has 0 amide bonds. The average molecular weight is 378 g/mol. The smallest absolute Gasteiger partial charge is 0.191 e. The lowest BCUT2D eigenvalue weighted by Crippen LogP contribution is -2.42. The fourth-order valence-electron chi connectivity index (χ4n) is 3.58. The highest BCUT2D eigenvalue weighted by Gasteiger charge is 2.24. The molecule has 1 aromatic heterocycles. The molecular formula is C19H31N5OS. The molecule has 3 rings (SSSR count). The van der Waals surface area contributed by atoms with Crippen LogP contribution in [0, 0.1) is 0 Å². The van der Waals surface area contributed by atoms with Gasteiger partial charge in [0.05, 0.1) is 19.8 Å². The predicted molar refractivity (Wildman–Crippen MR) is 110 cm³/mol. The minimum atomic E-state index is 0.526. The van der Waals surface area contributed by atoms with Gasteiger partial charge in [-0.3, -0.25) is 0 Å². The van der Waals surface area contributed by atoms with E-state index >= 15 is 0 Å². The molecule has 6 nitrogen and oxygen atoms in total. The van der Waals surface area contributed by atoms with Crippen LogP contribution in [0.1, 0.15) is 31.7 Å². The van der Waals surface area contributed by atoms with Crippen LogP contribution in [0.25, 0.3) is 0 Å². The summed E-state index contributed by atoms with van der Waals surface area (Å²) in [4.78, 5) is 11.8. The molecule has 0 bridgehead atoms. The van der Waals surface area contributed by atoms with Gasteiger partial charge in [-0.25, -0.2) is 9.98 Å². The Morgan fingerprint density at radius 1 is 1.38 bits per heavy atom. The van der Waals surface area contributed by atoms with Crippen molar-refractivity contribution in [3.8, 4) is 0 Å². The number of aromatic nitrogens is 1. The maximum atomic E-state index is 5.46. The lowest BCUT2D eigenvalue weighted by molar-refractivity contribution is 0.122. The zero-order chi connectivity index (χ0) is 18.2. The van der Waals surface area contributed by atoms with Gasteiger partial charge in [0, 0.05) is 42.7 Å². The first-order valence-corrected chi connectivity index (χ1v) is 10.9. The van der Waals surface area contributed by atoms with Crippen molar-refractivity contribution in [3.63, 3.8) is 0 Å². The largest absolute Gasteiger partial charge is 0.378 e. The van der Waals surface area contributed by atoms with Gasteiger partial charge in [-0.05, 0) is 38.5 Å². The maximum absolute atomic E-state index is 5.46. The summed E-state index contributed by atoms with van der Waals surface area (Å²) in [6, 6.07) is 4.65. The summed E-state index contributed by atoms with van der Waals surface area (Å²) in [7, 11) is 0. The summed E-state index contributed by atoms with van der Waals surface area (Å²) in [5, 5.41) is 7.79. The lowest BCUT2D eigenvalue weighted by Gasteiger charge is -2.29. The highest BCUT2D eigenvalue weighted by atomic mass is 32.2. The van der Waals surface area contributed by atoms with Gasteiger partial charge in [-0.15, -0.1) is 0 Å². The molecule has 2 aliphatic rings. The first-order valence-electron chi connectivity index (χ1n) is 9.64. The Balaban J connectivity index is 1.65. The van der Waals surface area contributed by atoms with Crippen molar-refractivity contribution >= 4 is 23.5 Å². The number of anilines is 1. The SMILES string of the molecule is CCNC(=NCc1cccnc1N1CCOCC1)NC1CCC(SC)C1. The molecule has 2 atom stereocenters. The molecular weight excluding hydrogens is 346 g/mol. The molecule has 144 valence electrons. The number of nitrogens with one attached hydrogen (secondary N) is 2. The van der Waals surface area contributed by atoms with Crippen LogP contribution < -0.4 is 15.5 Å². The minimum Gasteiger partial charge on any atom is -0.378 e. The van der Waals surface area contributed by atoms with Crippen molar-refractivity contribution in [3.05, 3.63) is 23.9 Å². The molecule has 0 radical (unpaired) electrons. The second-order valence-corrected chi connectivity index (χ2v) is 7.93. The summed E-state index contributed by atoms with van der Waals surface area (Å²) in [6.07, 6.45) is 7.81. The minimum absolute atomic E-state index is 0.526. The van der Waals surface area contributed by atoms with Crippen molar-refractivity contribution < 1.29 is 4.74 Å². The van der Waals surface area contributed by atoms with Crippen molar-refractivity contribution in [1.82, 2.24) is 15.6 Å². The number of hydrogen-bond donors (Lipinski definition) is 2. The van der Waals surface area contributed by atoms with E-state index in [1.165, 1.54) is 24.8 Å². The van der Waals surface area contributed by atoms with Gasteiger partial charge in [0.1, 0.15) is 5.82 Å². The molecule has 7 heteroatoms. The third-order valence-electron chi connectivity index (χ3n) is 4.99. The molecule has 1 saturated carbocycles. The molecule has 2 heterocycles. The third-order valence-corrected chi connectivity index (χ3v) is 6.08. The average Bonchev–Trinajstić information content (AvgIpc) is 3.15.